The zero-order valence-electron chi connectivity index (χ0n) is 13.0. The van der Waals surface area contributed by atoms with Crippen LogP contribution in [0.25, 0.3) is 0 Å². The van der Waals surface area contributed by atoms with Crippen LogP contribution in [-0.2, 0) is 4.74 Å². The van der Waals surface area contributed by atoms with E-state index in [4.69, 9.17) is 4.74 Å². The predicted molar refractivity (Wildman–Crippen MR) is 83.1 cm³/mol. The highest BCUT2D eigenvalue weighted by Crippen LogP contribution is 2.42. The highest BCUT2D eigenvalue weighted by atomic mass is 16.5. The molecule has 3 aliphatic heterocycles. The lowest BCUT2D eigenvalue weighted by atomic mass is 9.91. The van der Waals surface area contributed by atoms with Gasteiger partial charge in [-0.3, -0.25) is 9.47 Å². The van der Waals surface area contributed by atoms with Gasteiger partial charge in [0.15, 0.2) is 6.23 Å². The second-order valence-corrected chi connectivity index (χ2v) is 6.33. The van der Waals surface area contributed by atoms with Gasteiger partial charge in [0.05, 0.1) is 25.2 Å². The number of aliphatic hydroxyl groups excluding tert-OH is 1. The van der Waals surface area contributed by atoms with Crippen molar-refractivity contribution in [2.24, 2.45) is 21.8 Å². The minimum atomic E-state index is -0.731. The van der Waals surface area contributed by atoms with Gasteiger partial charge in [0.25, 0.3) is 0 Å². The summed E-state index contributed by atoms with van der Waals surface area (Å²) in [6.07, 6.45) is 4.03. The van der Waals surface area contributed by atoms with Crippen LogP contribution in [0, 0.1) is 11.8 Å². The number of aromatic nitrogens is 2. The first-order valence-electron chi connectivity index (χ1n) is 7.90. The Labute approximate surface area is 129 Å². The van der Waals surface area contributed by atoms with Gasteiger partial charge >= 0.3 is 0 Å². The van der Waals surface area contributed by atoms with E-state index in [1.54, 1.807) is 6.21 Å². The van der Waals surface area contributed by atoms with E-state index in [0.29, 0.717) is 24.3 Å². The molecule has 4 rings (SSSR count). The fraction of sp³-hybridized carbons (Fsp3) is 0.667. The van der Waals surface area contributed by atoms with Crippen molar-refractivity contribution in [2.45, 2.75) is 45.8 Å². The Bertz CT molecular complexity index is 652. The minimum Gasteiger partial charge on any atom is -0.370 e. The Kier molecular flexibility index (Phi) is 3.09. The maximum Gasteiger partial charge on any atom is 0.229 e. The number of guanidine groups is 1. The minimum absolute atomic E-state index is 0.0401. The van der Waals surface area contributed by atoms with E-state index in [-0.39, 0.29) is 12.3 Å². The van der Waals surface area contributed by atoms with Gasteiger partial charge in [-0.1, -0.05) is 20.8 Å². The van der Waals surface area contributed by atoms with Crippen molar-refractivity contribution in [3.63, 3.8) is 0 Å². The maximum atomic E-state index is 9.79. The van der Waals surface area contributed by atoms with Crippen molar-refractivity contribution in [1.82, 2.24) is 9.55 Å². The molecule has 4 heterocycles. The number of anilines is 1. The van der Waals surface area contributed by atoms with Crippen LogP contribution in [0.2, 0.25) is 0 Å². The Hall–Kier alpha value is -1.73. The first-order chi connectivity index (χ1) is 10.6. The second kappa shape index (κ2) is 4.89. The summed E-state index contributed by atoms with van der Waals surface area (Å²) in [5, 5.41) is 9.79. The van der Waals surface area contributed by atoms with E-state index >= 15 is 0 Å². The average Bonchev–Trinajstić information content (AvgIpc) is 3.15. The lowest BCUT2D eigenvalue weighted by molar-refractivity contribution is -0.0132. The van der Waals surface area contributed by atoms with E-state index in [0.717, 1.165) is 17.9 Å². The smallest absolute Gasteiger partial charge is 0.229 e. The van der Waals surface area contributed by atoms with E-state index in [1.807, 2.05) is 11.2 Å². The van der Waals surface area contributed by atoms with Gasteiger partial charge in [0.2, 0.25) is 5.96 Å². The molecule has 7 heteroatoms. The number of imidazole rings is 1. The molecule has 0 saturated carbocycles. The molecular formula is C15H21N5O2. The van der Waals surface area contributed by atoms with Crippen molar-refractivity contribution < 1.29 is 9.84 Å². The van der Waals surface area contributed by atoms with Gasteiger partial charge in [0.1, 0.15) is 17.7 Å². The highest BCUT2D eigenvalue weighted by molar-refractivity contribution is 6.10. The molecule has 0 aromatic carbocycles. The Morgan fingerprint density at radius 1 is 1.36 bits per heavy atom. The van der Waals surface area contributed by atoms with Gasteiger partial charge in [0, 0.05) is 5.92 Å². The van der Waals surface area contributed by atoms with Gasteiger partial charge in [-0.2, -0.15) is 0 Å². The monoisotopic (exact) mass is 303 g/mol. The van der Waals surface area contributed by atoms with E-state index in [2.05, 4.69) is 40.3 Å². The summed E-state index contributed by atoms with van der Waals surface area (Å²) in [7, 11) is 0. The standard InChI is InChI=1S/C15H21N5O2/c1-4-11-8(2)9(3)14(22-11)20-7-17-10-5-16-15-18-12(21)6-19(15)13(10)20/h5,7-9,11-12,14,21H,4,6H2,1-3H3. The molecule has 3 aliphatic rings. The first-order valence-corrected chi connectivity index (χ1v) is 7.90. The lowest BCUT2D eigenvalue weighted by Crippen LogP contribution is -2.34. The molecule has 1 fully saturated rings. The number of hydrogen-bond acceptors (Lipinski definition) is 6. The van der Waals surface area contributed by atoms with Crippen LogP contribution in [0.3, 0.4) is 0 Å². The topological polar surface area (TPSA) is 75.2 Å². The van der Waals surface area contributed by atoms with Gasteiger partial charge < -0.3 is 9.84 Å². The predicted octanol–water partition coefficient (Wildman–Crippen LogP) is 1.39. The summed E-state index contributed by atoms with van der Waals surface area (Å²) in [5.74, 6) is 2.37. The van der Waals surface area contributed by atoms with E-state index < -0.39 is 6.23 Å². The molecule has 0 amide bonds. The second-order valence-electron chi connectivity index (χ2n) is 6.33. The number of rotatable bonds is 2. The molecule has 1 saturated heterocycles. The lowest BCUT2D eigenvalue weighted by Gasteiger charge is -2.27. The molecule has 1 aromatic rings. The summed E-state index contributed by atoms with van der Waals surface area (Å²) in [5.41, 5.74) is 0.802. The first kappa shape index (κ1) is 13.9. The summed E-state index contributed by atoms with van der Waals surface area (Å²) >= 11 is 0. The molecule has 5 atom stereocenters. The number of fused-ring (bicyclic) bond motifs is 3. The number of aliphatic imine (C=N–C) groups is 2. The van der Waals surface area contributed by atoms with Gasteiger partial charge in [-0.05, 0) is 12.3 Å². The third-order valence-corrected chi connectivity index (χ3v) is 5.06. The van der Waals surface area contributed by atoms with Crippen molar-refractivity contribution in [2.75, 3.05) is 11.4 Å². The van der Waals surface area contributed by atoms with Gasteiger partial charge in [-0.25, -0.2) is 15.0 Å². The summed E-state index contributed by atoms with van der Waals surface area (Å²) in [6, 6.07) is 0. The number of ether oxygens (including phenoxy) is 1. The zero-order chi connectivity index (χ0) is 15.4. The molecule has 1 aromatic heterocycles. The fourth-order valence-corrected chi connectivity index (χ4v) is 3.63. The fourth-order valence-electron chi connectivity index (χ4n) is 3.63. The third kappa shape index (κ3) is 1.85. The van der Waals surface area contributed by atoms with Crippen molar-refractivity contribution in [1.29, 1.82) is 0 Å². The normalized spacial score (nSPS) is 36.5. The Balaban J connectivity index is 1.73. The van der Waals surface area contributed by atoms with Gasteiger partial charge in [-0.15, -0.1) is 0 Å². The molecular weight excluding hydrogens is 282 g/mol. The van der Waals surface area contributed by atoms with E-state index in [9.17, 15) is 5.11 Å². The summed E-state index contributed by atoms with van der Waals surface area (Å²) in [6.45, 7) is 7.05. The molecule has 0 radical (unpaired) electrons. The van der Waals surface area contributed by atoms with Crippen molar-refractivity contribution in [3.05, 3.63) is 12.0 Å². The third-order valence-electron chi connectivity index (χ3n) is 5.06. The number of aliphatic hydroxyl groups is 1. The average molecular weight is 303 g/mol. The van der Waals surface area contributed by atoms with Crippen molar-refractivity contribution in [3.8, 4) is 0 Å². The zero-order valence-corrected chi connectivity index (χ0v) is 13.0. The molecule has 22 heavy (non-hydrogen) atoms. The molecule has 118 valence electrons. The molecule has 1 N–H and O–H groups in total. The SMILES string of the molecule is CCC1OC(n2cnc3c2N2CC(O)N=C2N=C3)C(C)C1C. The Morgan fingerprint density at radius 2 is 2.18 bits per heavy atom. The molecule has 0 bridgehead atoms. The van der Waals surface area contributed by atoms with Crippen LogP contribution >= 0.6 is 0 Å². The van der Waals surface area contributed by atoms with Crippen molar-refractivity contribution >= 4 is 18.0 Å². The maximum absolute atomic E-state index is 9.79. The quantitative estimate of drug-likeness (QED) is 0.896. The van der Waals surface area contributed by atoms with Crippen LogP contribution in [0.4, 0.5) is 5.82 Å². The van der Waals surface area contributed by atoms with Crippen LogP contribution in [0.15, 0.2) is 16.3 Å². The van der Waals surface area contributed by atoms with Crippen LogP contribution in [0.5, 0.6) is 0 Å². The number of hydrogen-bond donors (Lipinski definition) is 1. The molecule has 5 unspecified atom stereocenters. The largest absolute Gasteiger partial charge is 0.370 e. The molecule has 0 spiro atoms. The summed E-state index contributed by atoms with van der Waals surface area (Å²) < 4.78 is 8.34. The Morgan fingerprint density at radius 3 is 2.91 bits per heavy atom. The van der Waals surface area contributed by atoms with Crippen LogP contribution < -0.4 is 4.90 Å². The summed E-state index contributed by atoms with van der Waals surface area (Å²) in [4.78, 5) is 14.8. The molecule has 7 nitrogen and oxygen atoms in total. The molecule has 0 aliphatic carbocycles. The number of nitrogens with zero attached hydrogens (tertiary/aromatic N) is 5. The van der Waals surface area contributed by atoms with Crippen LogP contribution in [0.1, 0.15) is 39.1 Å². The highest BCUT2D eigenvalue weighted by Gasteiger charge is 2.42. The van der Waals surface area contributed by atoms with Crippen LogP contribution in [-0.4, -0.2) is 45.7 Å². The van der Waals surface area contributed by atoms with E-state index in [1.165, 1.54) is 0 Å².